The van der Waals surface area contributed by atoms with Gasteiger partial charge in [-0.15, -0.1) is 11.8 Å². The zero-order valence-corrected chi connectivity index (χ0v) is 9.27. The maximum absolute atomic E-state index is 9.67. The lowest BCUT2D eigenvalue weighted by atomic mass is 10.1. The number of thioether (sulfide) groups is 1. The molecule has 0 bridgehead atoms. The molecule has 1 aromatic carbocycles. The Hall–Kier alpha value is -0.670. The highest BCUT2D eigenvalue weighted by Gasteiger charge is 2.27. The van der Waals surface area contributed by atoms with Crippen molar-refractivity contribution in [3.8, 4) is 5.75 Å². The van der Waals surface area contributed by atoms with Gasteiger partial charge in [0.25, 0.3) is 0 Å². The lowest BCUT2D eigenvalue weighted by Crippen LogP contribution is -2.32. The highest BCUT2D eigenvalue weighted by molar-refractivity contribution is 8.00. The van der Waals surface area contributed by atoms with Crippen LogP contribution in [0.25, 0.3) is 0 Å². The summed E-state index contributed by atoms with van der Waals surface area (Å²) < 4.78 is 0. The Morgan fingerprint density at radius 3 is 3.00 bits per heavy atom. The Balaban J connectivity index is 2.22. The van der Waals surface area contributed by atoms with E-state index in [0.29, 0.717) is 17.0 Å². The molecule has 1 aromatic rings. The van der Waals surface area contributed by atoms with Crippen LogP contribution in [0.15, 0.2) is 23.1 Å². The van der Waals surface area contributed by atoms with E-state index in [9.17, 15) is 5.11 Å². The van der Waals surface area contributed by atoms with E-state index in [1.807, 2.05) is 24.9 Å². The number of rotatable bonds is 2. The Bertz CT molecular complexity index is 340. The minimum absolute atomic E-state index is 0.445. The molecule has 0 saturated carbocycles. The van der Waals surface area contributed by atoms with Crippen molar-refractivity contribution in [2.45, 2.75) is 29.5 Å². The van der Waals surface area contributed by atoms with Gasteiger partial charge in [0.2, 0.25) is 0 Å². The summed E-state index contributed by atoms with van der Waals surface area (Å²) in [7, 11) is 1.98. The van der Waals surface area contributed by atoms with E-state index in [-0.39, 0.29) is 0 Å². The average molecular weight is 209 g/mol. The number of phenols is 1. The monoisotopic (exact) mass is 209 g/mol. The van der Waals surface area contributed by atoms with Crippen molar-refractivity contribution in [2.24, 2.45) is 0 Å². The smallest absolute Gasteiger partial charge is 0.119 e. The number of fused-ring (bicyclic) bond motifs is 1. The molecular weight excluding hydrogens is 194 g/mol. The summed E-state index contributed by atoms with van der Waals surface area (Å²) in [5.41, 5.74) is 1.12. The van der Waals surface area contributed by atoms with Crippen LogP contribution in [0.5, 0.6) is 5.75 Å². The molecule has 14 heavy (non-hydrogen) atoms. The van der Waals surface area contributed by atoms with Gasteiger partial charge < -0.3 is 10.4 Å². The largest absolute Gasteiger partial charge is 0.508 e. The maximum atomic E-state index is 9.67. The molecule has 2 nitrogen and oxygen atoms in total. The Morgan fingerprint density at radius 2 is 2.36 bits per heavy atom. The van der Waals surface area contributed by atoms with E-state index in [1.165, 1.54) is 4.90 Å². The van der Waals surface area contributed by atoms with Crippen LogP contribution in [0.4, 0.5) is 0 Å². The van der Waals surface area contributed by atoms with Crippen molar-refractivity contribution < 1.29 is 5.11 Å². The van der Waals surface area contributed by atoms with Crippen LogP contribution in [0.1, 0.15) is 12.5 Å². The molecule has 3 heteroatoms. The number of benzene rings is 1. The Morgan fingerprint density at radius 1 is 1.57 bits per heavy atom. The zero-order valence-electron chi connectivity index (χ0n) is 8.45. The first-order valence-electron chi connectivity index (χ1n) is 4.87. The molecule has 0 fully saturated rings. The van der Waals surface area contributed by atoms with Crippen molar-refractivity contribution in [3.05, 3.63) is 23.8 Å². The first-order valence-corrected chi connectivity index (χ1v) is 5.75. The second-order valence-corrected chi connectivity index (χ2v) is 4.97. The molecular formula is C11H15NOS. The van der Waals surface area contributed by atoms with Crippen LogP contribution in [-0.4, -0.2) is 23.4 Å². The summed E-state index contributed by atoms with van der Waals surface area (Å²) in [5, 5.41) is 13.5. The molecule has 2 unspecified atom stereocenters. The fraction of sp³-hybridized carbons (Fsp3) is 0.455. The lowest BCUT2D eigenvalue weighted by molar-refractivity contribution is 0.464. The highest BCUT2D eigenvalue weighted by Crippen LogP contribution is 2.42. The van der Waals surface area contributed by atoms with Gasteiger partial charge in [-0.2, -0.15) is 0 Å². The number of aromatic hydroxyl groups is 1. The van der Waals surface area contributed by atoms with Crippen LogP contribution in [-0.2, 0) is 6.42 Å². The summed E-state index contributed by atoms with van der Waals surface area (Å²) in [4.78, 5) is 1.23. The normalized spacial score (nSPS) is 22.0. The second-order valence-electron chi connectivity index (χ2n) is 3.69. The predicted molar refractivity (Wildman–Crippen MR) is 60.0 cm³/mol. The van der Waals surface area contributed by atoms with Gasteiger partial charge in [-0.1, -0.05) is 6.07 Å². The first-order chi connectivity index (χ1) is 6.72. The SMILES string of the molecule is CNC(C)C1Cc2c(O)cccc2S1. The molecule has 1 heterocycles. The van der Waals surface area contributed by atoms with Crippen LogP contribution >= 0.6 is 11.8 Å². The van der Waals surface area contributed by atoms with Gasteiger partial charge in [0.05, 0.1) is 0 Å². The molecule has 1 aliphatic heterocycles. The summed E-state index contributed by atoms with van der Waals surface area (Å²) in [5.74, 6) is 0.445. The van der Waals surface area contributed by atoms with Crippen molar-refractivity contribution in [2.75, 3.05) is 7.05 Å². The zero-order chi connectivity index (χ0) is 10.1. The van der Waals surface area contributed by atoms with Crippen molar-refractivity contribution >= 4 is 11.8 Å². The second kappa shape index (κ2) is 3.83. The third-order valence-electron chi connectivity index (χ3n) is 2.80. The highest BCUT2D eigenvalue weighted by atomic mass is 32.2. The van der Waals surface area contributed by atoms with Gasteiger partial charge in [0.15, 0.2) is 0 Å². The lowest BCUT2D eigenvalue weighted by Gasteiger charge is -2.16. The van der Waals surface area contributed by atoms with Crippen molar-refractivity contribution in [1.29, 1.82) is 0 Å². The first kappa shape index (κ1) is 9.87. The standard InChI is InChI=1S/C11H15NOS/c1-7(12-2)11-6-8-9(13)4-3-5-10(8)14-11/h3-5,7,11-13H,6H2,1-2H3. The minimum Gasteiger partial charge on any atom is -0.508 e. The van der Waals surface area contributed by atoms with Crippen molar-refractivity contribution in [1.82, 2.24) is 5.32 Å². The van der Waals surface area contributed by atoms with Crippen molar-refractivity contribution in [3.63, 3.8) is 0 Å². The fourth-order valence-electron chi connectivity index (χ4n) is 1.74. The molecule has 0 aliphatic carbocycles. The van der Waals surface area contributed by atoms with Crippen LogP contribution in [0.2, 0.25) is 0 Å². The van der Waals surface area contributed by atoms with Gasteiger partial charge in [0, 0.05) is 21.8 Å². The molecule has 0 amide bonds. The number of nitrogens with one attached hydrogen (secondary N) is 1. The van der Waals surface area contributed by atoms with Crippen LogP contribution in [0, 0.1) is 0 Å². The molecule has 2 rings (SSSR count). The van der Waals surface area contributed by atoms with Gasteiger partial charge in [-0.3, -0.25) is 0 Å². The van der Waals surface area contributed by atoms with Crippen LogP contribution < -0.4 is 5.32 Å². The number of hydrogen-bond acceptors (Lipinski definition) is 3. The van der Waals surface area contributed by atoms with Gasteiger partial charge in [-0.25, -0.2) is 0 Å². The Kier molecular flexibility index (Phi) is 2.70. The molecule has 2 atom stereocenters. The van der Waals surface area contributed by atoms with E-state index in [1.54, 1.807) is 6.07 Å². The summed E-state index contributed by atoms with van der Waals surface area (Å²) in [6.07, 6.45) is 0.967. The summed E-state index contributed by atoms with van der Waals surface area (Å²) >= 11 is 1.86. The number of phenolic OH excluding ortho intramolecular Hbond substituents is 1. The van der Waals surface area contributed by atoms with E-state index in [2.05, 4.69) is 18.3 Å². The molecule has 76 valence electrons. The van der Waals surface area contributed by atoms with E-state index < -0.39 is 0 Å². The third-order valence-corrected chi connectivity index (χ3v) is 4.32. The van der Waals surface area contributed by atoms with Gasteiger partial charge >= 0.3 is 0 Å². The van der Waals surface area contributed by atoms with Crippen LogP contribution in [0.3, 0.4) is 0 Å². The molecule has 0 spiro atoms. The topological polar surface area (TPSA) is 32.3 Å². The predicted octanol–water partition coefficient (Wildman–Crippen LogP) is 2.02. The third kappa shape index (κ3) is 1.62. The number of hydrogen-bond donors (Lipinski definition) is 2. The average Bonchev–Trinajstić information content (AvgIpc) is 2.62. The Labute approximate surface area is 88.7 Å². The molecule has 0 radical (unpaired) electrons. The minimum atomic E-state index is 0.445. The summed E-state index contributed by atoms with van der Waals surface area (Å²) in [6.45, 7) is 2.18. The molecule has 0 saturated heterocycles. The van der Waals surface area contributed by atoms with E-state index in [0.717, 1.165) is 12.0 Å². The molecule has 0 aromatic heterocycles. The molecule has 2 N–H and O–H groups in total. The van der Waals surface area contributed by atoms with Gasteiger partial charge in [0.1, 0.15) is 5.75 Å². The quantitative estimate of drug-likeness (QED) is 0.781. The van der Waals surface area contributed by atoms with Gasteiger partial charge in [-0.05, 0) is 32.5 Å². The maximum Gasteiger partial charge on any atom is 0.119 e. The van der Waals surface area contributed by atoms with E-state index >= 15 is 0 Å². The fourth-order valence-corrected chi connectivity index (χ4v) is 3.14. The summed E-state index contributed by atoms with van der Waals surface area (Å²) in [6, 6.07) is 6.24. The van der Waals surface area contributed by atoms with E-state index in [4.69, 9.17) is 0 Å². The molecule has 1 aliphatic rings.